The van der Waals surface area contributed by atoms with Gasteiger partial charge in [-0.2, -0.15) is 0 Å². The summed E-state index contributed by atoms with van der Waals surface area (Å²) in [6, 6.07) is 94.7. The summed E-state index contributed by atoms with van der Waals surface area (Å²) < 4.78 is 32.5. The molecule has 0 radical (unpaired) electrons. The summed E-state index contributed by atoms with van der Waals surface area (Å²) in [6.45, 7) is 16.9. The van der Waals surface area contributed by atoms with Gasteiger partial charge in [-0.3, -0.25) is 20.2 Å². The van der Waals surface area contributed by atoms with E-state index in [0.29, 0.717) is 15.5 Å². The van der Waals surface area contributed by atoms with Gasteiger partial charge in [-0.25, -0.2) is 0 Å². The molecule has 5 heterocycles. The molecule has 16 nitrogen and oxygen atoms in total. The van der Waals surface area contributed by atoms with Crippen LogP contribution in [0.2, 0.25) is 20.1 Å². The number of nitro benzene ring substituents is 2. The second-order valence-corrected chi connectivity index (χ2v) is 33.4. The van der Waals surface area contributed by atoms with Gasteiger partial charge < -0.3 is 48.1 Å². The lowest BCUT2D eigenvalue weighted by Crippen LogP contribution is -2.41. The number of rotatable bonds is 6. The van der Waals surface area contributed by atoms with Crippen LogP contribution in [-0.4, -0.2) is 91.0 Å². The summed E-state index contributed by atoms with van der Waals surface area (Å²) in [6.07, 6.45) is 1.38. The third-order valence-corrected chi connectivity index (χ3v) is 23.6. The summed E-state index contributed by atoms with van der Waals surface area (Å²) in [7, 11) is -2.35. The summed E-state index contributed by atoms with van der Waals surface area (Å²) in [5.41, 5.74) is 5.86. The van der Waals surface area contributed by atoms with E-state index in [9.17, 15) is 20.2 Å². The van der Waals surface area contributed by atoms with Crippen molar-refractivity contribution in [3.63, 3.8) is 0 Å². The first-order chi connectivity index (χ1) is 56.0. The minimum Gasteiger partial charge on any atom is -0.423 e. The summed E-state index contributed by atoms with van der Waals surface area (Å²) in [4.78, 5) is 24.1. The van der Waals surface area contributed by atoms with Gasteiger partial charge >= 0.3 is 26.8 Å². The van der Waals surface area contributed by atoms with E-state index < -0.39 is 37.3 Å². The fraction of sp³-hybridized carbons (Fsp3) is 0.174. The summed E-state index contributed by atoms with van der Waals surface area (Å²) >= 11 is 29.7. The first-order valence-corrected chi connectivity index (χ1v) is 41.1. The molecule has 25 heteroatoms. The molecule has 1 atom stereocenters. The number of fused-ring (bicyclic) bond motifs is 12. The highest BCUT2D eigenvalue weighted by atomic mass is 127. The molecular formula is C92H83B3BrCl4IN4O12. The molecule has 2 aromatic heterocycles. The van der Waals surface area contributed by atoms with Crippen LogP contribution >= 0.6 is 84.9 Å². The molecule has 117 heavy (non-hydrogen) atoms. The normalized spacial score (nSPS) is 15.2. The van der Waals surface area contributed by atoms with E-state index in [0.717, 1.165) is 78.8 Å². The van der Waals surface area contributed by atoms with Crippen molar-refractivity contribution in [2.24, 2.45) is 0 Å². The number of nitro groups is 2. The van der Waals surface area contributed by atoms with Gasteiger partial charge in [-0.1, -0.05) is 265 Å². The number of nitrogens with one attached hydrogen (secondary N) is 1. The lowest BCUT2D eigenvalue weighted by Gasteiger charge is -2.32. The molecule has 0 aliphatic carbocycles. The van der Waals surface area contributed by atoms with Gasteiger partial charge in [0.05, 0.1) is 68.9 Å². The van der Waals surface area contributed by atoms with Crippen LogP contribution in [0.4, 0.5) is 11.4 Å². The molecule has 1 unspecified atom stereocenters. The molecule has 16 aromatic rings. The molecule has 3 saturated heterocycles. The topological polar surface area (TPSA) is 214 Å². The molecule has 0 saturated carbocycles. The van der Waals surface area contributed by atoms with Gasteiger partial charge in [0.25, 0.3) is 5.69 Å². The number of aliphatic hydroxyl groups excluding tert-OH is 1. The van der Waals surface area contributed by atoms with E-state index in [1.54, 1.807) is 30.3 Å². The number of benzene rings is 14. The average molecular weight is 1820 g/mol. The SMILES string of the molecule is CC1(C)OB(B2OC(C)(C)C(C)(C)O2)OC1(C)C.Clc1cccc2c1[nH]c1ccc3ccccc3c12.Clc1cccc2c3c4ccccc4ccc3n(-c3ccccc3)c12.Ic1ccccc1.O=[N+]([O-])c1c(Cl)cccc1-c1cccc2ccccc12.O=[N+]([O-])c1c(Cl)cccc1Br.OB(O)c1cccc2ccccc12.OC1CCCO1. The number of ether oxygens (including phenoxy) is 1. The van der Waals surface area contributed by atoms with Crippen LogP contribution in [0.15, 0.2) is 296 Å². The maximum Gasteiger partial charge on any atom is 0.489 e. The lowest BCUT2D eigenvalue weighted by molar-refractivity contribution is -0.385. The Bertz CT molecular complexity index is 6120. The number of halogens is 6. The molecule has 14 aromatic carbocycles. The van der Waals surface area contributed by atoms with Gasteiger partial charge in [0.2, 0.25) is 0 Å². The Balaban J connectivity index is 0.000000127. The van der Waals surface area contributed by atoms with E-state index in [2.05, 4.69) is 169 Å². The number of hydrogen-bond acceptors (Lipinski definition) is 12. The van der Waals surface area contributed by atoms with Gasteiger partial charge in [0.1, 0.15) is 10.0 Å². The maximum atomic E-state index is 11.3. The highest BCUT2D eigenvalue weighted by Gasteiger charge is 2.63. The van der Waals surface area contributed by atoms with Crippen molar-refractivity contribution in [3.8, 4) is 16.8 Å². The molecule has 19 rings (SSSR count). The van der Waals surface area contributed by atoms with Gasteiger partial charge in [0.15, 0.2) is 6.29 Å². The van der Waals surface area contributed by atoms with Crippen LogP contribution in [0.25, 0.3) is 104 Å². The van der Waals surface area contributed by atoms with Crippen molar-refractivity contribution in [1.29, 1.82) is 0 Å². The number of aliphatic hydroxyl groups is 1. The summed E-state index contributed by atoms with van der Waals surface area (Å²) in [5.74, 6) is 0. The molecule has 3 aliphatic rings. The highest BCUT2D eigenvalue weighted by Crippen LogP contribution is 2.45. The predicted molar refractivity (Wildman–Crippen MR) is 495 cm³/mol. The van der Waals surface area contributed by atoms with Crippen LogP contribution in [0.1, 0.15) is 68.2 Å². The molecular weight excluding hydrogens is 1730 g/mol. The third kappa shape index (κ3) is 20.0. The Labute approximate surface area is 721 Å². The smallest absolute Gasteiger partial charge is 0.423 e. The molecule has 0 spiro atoms. The number of aromatic amines is 1. The zero-order valence-corrected chi connectivity index (χ0v) is 72.0. The standard InChI is InChI=1S/C22H14ClN.C16H10ClNO2.C16H10ClN.C12H24B2O4.C10H9BO2.C6H3BrClNO2.C6H5I.C4H8O2/c23-19-12-6-11-18-21-17-10-5-4-7-15(17)13-14-20(21)24(22(18)19)16-8-2-1-3-9-16;17-15-10-4-9-14(16(15)18(19)20)13-8-3-6-11-5-1-2-7-12(11)13;17-13-7-3-6-12-15-11-5-2-1-4-10(11)8-9-14(15)18-16(12)13;1-9(2)10(3,4)16-13(15-9)14-17-11(5,6)12(7,8)18-14;12-11(13)10-7-3-5-8-4-1-2-6-9(8)10;7-4-2-1-3-5(8)6(4)9(10)11;7-6-4-2-1-3-5-6;5-4-2-1-3-6-4/h1-14H;1-10H;1-9,18H;1-8H3;1-7,12-13H;1-3H;1-5H;4-5H,1-3H2. The summed E-state index contributed by atoms with van der Waals surface area (Å²) in [5, 5.41) is 64.0. The van der Waals surface area contributed by atoms with Gasteiger partial charge in [0, 0.05) is 49.3 Å². The monoisotopic (exact) mass is 1810 g/mol. The van der Waals surface area contributed by atoms with Crippen molar-refractivity contribution >= 4 is 210 Å². The molecule has 3 aliphatic heterocycles. The lowest BCUT2D eigenvalue weighted by atomic mass is 9.49. The molecule has 0 bridgehead atoms. The van der Waals surface area contributed by atoms with E-state index in [4.69, 9.17) is 84.9 Å². The zero-order valence-electron chi connectivity index (χ0n) is 65.3. The zero-order chi connectivity index (χ0) is 83.5. The Morgan fingerprint density at radius 1 is 0.462 bits per heavy atom. The van der Waals surface area contributed by atoms with Crippen molar-refractivity contribution in [2.75, 3.05) is 6.61 Å². The van der Waals surface area contributed by atoms with Crippen LogP contribution in [0.3, 0.4) is 0 Å². The van der Waals surface area contributed by atoms with Gasteiger partial charge in [-0.15, -0.1) is 0 Å². The Morgan fingerprint density at radius 3 is 1.38 bits per heavy atom. The number of hydrogen-bond donors (Lipinski definition) is 4. The minimum atomic E-state index is -1.40. The van der Waals surface area contributed by atoms with Crippen LogP contribution in [-0.2, 0) is 23.4 Å². The highest BCUT2D eigenvalue weighted by molar-refractivity contribution is 14.1. The van der Waals surface area contributed by atoms with Crippen molar-refractivity contribution in [2.45, 2.75) is 96.9 Å². The minimum absolute atomic E-state index is 0.0504. The fourth-order valence-corrected chi connectivity index (χ4v) is 15.8. The van der Waals surface area contributed by atoms with Crippen molar-refractivity contribution in [1.82, 2.24) is 9.55 Å². The average Bonchev–Trinajstić information content (AvgIpc) is 1.59. The molecule has 0 amide bonds. The van der Waals surface area contributed by atoms with Crippen LogP contribution in [0.5, 0.6) is 0 Å². The second-order valence-electron chi connectivity index (χ2n) is 29.7. The number of aromatic nitrogens is 2. The van der Waals surface area contributed by atoms with E-state index in [1.807, 2.05) is 183 Å². The van der Waals surface area contributed by atoms with Crippen LogP contribution in [0, 0.1) is 23.8 Å². The Kier molecular flexibility index (Phi) is 28.5. The predicted octanol–water partition coefficient (Wildman–Crippen LogP) is 25.0. The fourth-order valence-electron chi connectivity index (χ4n) is 13.8. The van der Waals surface area contributed by atoms with Crippen LogP contribution < -0.4 is 5.46 Å². The van der Waals surface area contributed by atoms with E-state index in [-0.39, 0.29) is 43.8 Å². The van der Waals surface area contributed by atoms with Crippen molar-refractivity contribution in [3.05, 3.63) is 340 Å². The van der Waals surface area contributed by atoms with Crippen molar-refractivity contribution < 1.29 is 48.4 Å². The largest absolute Gasteiger partial charge is 0.489 e. The van der Waals surface area contributed by atoms with E-state index >= 15 is 0 Å². The third-order valence-electron chi connectivity index (χ3n) is 21.0. The van der Waals surface area contributed by atoms with Gasteiger partial charge in [-0.05, 0) is 227 Å². The quantitative estimate of drug-likeness (QED) is 0.0530. The first kappa shape index (κ1) is 87.1. The first-order valence-electron chi connectivity index (χ1n) is 37.7. The molecule has 594 valence electrons. The second kappa shape index (κ2) is 38.2. The number of nitrogens with zero attached hydrogens (tertiary/aromatic N) is 3. The Morgan fingerprint density at radius 2 is 0.880 bits per heavy atom. The molecule has 4 N–H and O–H groups in total. The number of para-hydroxylation sites is 5. The number of H-pyrrole nitrogens is 1. The Hall–Kier alpha value is -9.24. The molecule has 3 fully saturated rings. The maximum absolute atomic E-state index is 11.3. The van der Waals surface area contributed by atoms with E-state index in [1.165, 1.54) is 64.3 Å².